The van der Waals surface area contributed by atoms with Crippen molar-refractivity contribution in [2.24, 2.45) is 10.8 Å². The Balaban J connectivity index is 2.48. The molecule has 0 aromatic carbocycles. The fourth-order valence-corrected chi connectivity index (χ4v) is 7.56. The van der Waals surface area contributed by atoms with E-state index in [4.69, 9.17) is 34.5 Å². The second kappa shape index (κ2) is 15.6. The number of halogens is 1. The van der Waals surface area contributed by atoms with E-state index in [0.29, 0.717) is 25.7 Å². The first-order chi connectivity index (χ1) is 20.6. The lowest BCUT2D eigenvalue weighted by Crippen LogP contribution is -2.63. The number of terminal acetylenes is 1. The maximum atomic E-state index is 12.5. The van der Waals surface area contributed by atoms with E-state index in [1.165, 1.54) is 19.6 Å². The van der Waals surface area contributed by atoms with E-state index < -0.39 is 43.2 Å². The van der Waals surface area contributed by atoms with Gasteiger partial charge in [-0.05, 0) is 56.2 Å². The number of carbonyl (C=O) groups is 2. The molecular weight excluding hydrogens is 656 g/mol. The molecule has 0 unspecified atom stereocenters. The highest BCUT2D eigenvalue weighted by atomic mass is 79.9. The maximum absolute atomic E-state index is 12.5. The highest BCUT2D eigenvalue weighted by molar-refractivity contribution is 9.11. The summed E-state index contributed by atoms with van der Waals surface area (Å²) in [7, 11) is 0.756. The fourth-order valence-electron chi connectivity index (χ4n) is 5.82. The Morgan fingerprint density at radius 2 is 1.80 bits per heavy atom. The highest BCUT2D eigenvalue weighted by Gasteiger charge is 2.59. The summed E-state index contributed by atoms with van der Waals surface area (Å²) < 4.78 is 37.6. The Morgan fingerprint density at radius 1 is 1.16 bits per heavy atom. The van der Waals surface area contributed by atoms with Crippen molar-refractivity contribution in [2.45, 2.75) is 148 Å². The van der Waals surface area contributed by atoms with Gasteiger partial charge in [0.15, 0.2) is 14.1 Å². The van der Waals surface area contributed by atoms with Crippen LogP contribution >= 0.6 is 15.9 Å². The lowest BCUT2D eigenvalue weighted by molar-refractivity contribution is -0.358. The van der Waals surface area contributed by atoms with Crippen LogP contribution in [0.15, 0.2) is 22.7 Å². The van der Waals surface area contributed by atoms with Crippen LogP contribution in [0.4, 0.5) is 0 Å². The van der Waals surface area contributed by atoms with Crippen LogP contribution < -0.4 is 0 Å². The Bertz CT molecular complexity index is 1130. The van der Waals surface area contributed by atoms with Crippen LogP contribution in [-0.4, -0.2) is 70.8 Å². The van der Waals surface area contributed by atoms with E-state index in [0.717, 1.165) is 6.42 Å². The van der Waals surface area contributed by atoms with Crippen molar-refractivity contribution in [3.63, 3.8) is 0 Å². The molecule has 0 saturated carbocycles. The average molecular weight is 714 g/mol. The molecule has 256 valence electrons. The quantitative estimate of drug-likeness (QED) is 0.0875. The molecule has 6 atom stereocenters. The molecule has 0 spiro atoms. The molecule has 45 heavy (non-hydrogen) atoms. The molecule has 0 radical (unpaired) electrons. The summed E-state index contributed by atoms with van der Waals surface area (Å²) in [5.41, 5.74) is 0.0696. The number of rotatable bonds is 12. The van der Waals surface area contributed by atoms with Gasteiger partial charge < -0.3 is 28.1 Å². The Kier molecular flexibility index (Phi) is 13.8. The number of hydrogen-bond acceptors (Lipinski definition) is 8. The fraction of sp³-hybridized carbons (Fsp3) is 0.771. The normalized spacial score (nSPS) is 29.3. The van der Waals surface area contributed by atoms with E-state index in [1.807, 2.05) is 44.8 Å². The van der Waals surface area contributed by atoms with Crippen LogP contribution in [0.1, 0.15) is 93.9 Å². The van der Waals surface area contributed by atoms with E-state index in [9.17, 15) is 9.59 Å². The Hall–Kier alpha value is -1.48. The van der Waals surface area contributed by atoms with Gasteiger partial charge >= 0.3 is 11.9 Å². The van der Waals surface area contributed by atoms with Gasteiger partial charge in [-0.15, -0.1) is 6.42 Å². The Morgan fingerprint density at radius 3 is 2.31 bits per heavy atom. The van der Waals surface area contributed by atoms with E-state index in [1.54, 1.807) is 7.11 Å². The molecule has 2 aliphatic heterocycles. The minimum atomic E-state index is -2.26. The zero-order chi connectivity index (χ0) is 34.4. The first kappa shape index (κ1) is 39.7. The van der Waals surface area contributed by atoms with Crippen LogP contribution in [-0.2, 0) is 37.7 Å². The molecule has 8 nitrogen and oxygen atoms in total. The molecule has 10 heteroatoms. The third-order valence-electron chi connectivity index (χ3n) is 9.74. The van der Waals surface area contributed by atoms with E-state index in [2.05, 4.69) is 55.7 Å². The van der Waals surface area contributed by atoms with Crippen LogP contribution in [0.25, 0.3) is 0 Å². The summed E-state index contributed by atoms with van der Waals surface area (Å²) in [5.74, 6) is 0.912. The molecule has 2 rings (SSSR count). The predicted molar refractivity (Wildman–Crippen MR) is 183 cm³/mol. The third kappa shape index (κ3) is 10.5. The van der Waals surface area contributed by atoms with Gasteiger partial charge in [-0.2, -0.15) is 0 Å². The third-order valence-corrected chi connectivity index (χ3v) is 14.9. The number of carbonyl (C=O) groups excluding carboxylic acids is 2. The van der Waals surface area contributed by atoms with Gasteiger partial charge in [0.1, 0.15) is 6.10 Å². The van der Waals surface area contributed by atoms with Crippen LogP contribution in [0.3, 0.4) is 0 Å². The molecule has 0 bridgehead atoms. The molecular formula is C35H57BrO8Si. The number of allylic oxidation sites excluding steroid dienone is 1. The van der Waals surface area contributed by atoms with Crippen LogP contribution in [0.2, 0.25) is 18.1 Å². The van der Waals surface area contributed by atoms with Gasteiger partial charge in [0.05, 0.1) is 43.4 Å². The number of esters is 2. The first-order valence-corrected chi connectivity index (χ1v) is 19.7. The van der Waals surface area contributed by atoms with Crippen LogP contribution in [0, 0.1) is 23.2 Å². The van der Waals surface area contributed by atoms with Gasteiger partial charge in [0, 0.05) is 32.3 Å². The standard InChI is InChI=1S/C35H57BrO8Si/c1-14-33(6,7)16-15-26-17-25(23-36)18-29(42-26)22-35(40-11)34(8,9)30(41-24(2)37)20-27(43-35)19-28(21-31(38)39-10)44-45(12,13)32(3,4)5/h1,15-16,23,26-30H,17-22H2,2-13H3/b16-15+,25-23+/t26-,27+,28+,29-,30-,35-/m0/s1. The molecule has 2 aliphatic rings. The number of methoxy groups -OCH3 is 2. The summed E-state index contributed by atoms with van der Waals surface area (Å²) in [5, 5.41) is -0.0628. The van der Waals surface area contributed by atoms with Gasteiger partial charge in [-0.3, -0.25) is 9.59 Å². The molecule has 0 aromatic rings. The summed E-state index contributed by atoms with van der Waals surface area (Å²) >= 11 is 3.54. The smallest absolute Gasteiger partial charge is 0.308 e. The van der Waals surface area contributed by atoms with Crippen molar-refractivity contribution in [1.29, 1.82) is 0 Å². The van der Waals surface area contributed by atoms with E-state index in [-0.39, 0.29) is 35.6 Å². The van der Waals surface area contributed by atoms with Crippen molar-refractivity contribution >= 4 is 36.2 Å². The summed E-state index contributed by atoms with van der Waals surface area (Å²) in [6.07, 6.45) is 10.7. The van der Waals surface area contributed by atoms with Crippen molar-refractivity contribution in [3.8, 4) is 12.3 Å². The molecule has 2 fully saturated rings. The highest BCUT2D eigenvalue weighted by Crippen LogP contribution is 2.51. The summed E-state index contributed by atoms with van der Waals surface area (Å²) in [6, 6.07) is 0. The Labute approximate surface area is 281 Å². The van der Waals surface area contributed by atoms with Crippen molar-refractivity contribution in [2.75, 3.05) is 14.2 Å². The molecule has 0 aromatic heterocycles. The minimum absolute atomic E-state index is 0.0628. The van der Waals surface area contributed by atoms with Gasteiger partial charge in [-0.1, -0.05) is 74.2 Å². The maximum Gasteiger partial charge on any atom is 0.308 e. The van der Waals surface area contributed by atoms with Crippen LogP contribution in [0.5, 0.6) is 0 Å². The van der Waals surface area contributed by atoms with Gasteiger partial charge in [-0.25, -0.2) is 0 Å². The zero-order valence-electron chi connectivity index (χ0n) is 29.6. The SMILES string of the molecule is C#CC(C)(C)/C=C/[C@H]1C/C(=C\Br)C[C@@H](C[C@]2(OC)O[C@H](C[C@H](CC(=O)OC)O[Si](C)(C)C(C)(C)C)C[C@H](OC(C)=O)C2(C)C)O1. The molecule has 0 amide bonds. The average Bonchev–Trinajstić information content (AvgIpc) is 2.93. The topological polar surface area (TPSA) is 89.5 Å². The second-order valence-electron chi connectivity index (χ2n) is 15.2. The monoisotopic (exact) mass is 712 g/mol. The van der Waals surface area contributed by atoms with Crippen molar-refractivity contribution in [3.05, 3.63) is 22.7 Å². The zero-order valence-corrected chi connectivity index (χ0v) is 32.2. The molecule has 2 heterocycles. The lowest BCUT2D eigenvalue weighted by atomic mass is 9.70. The molecule has 2 saturated heterocycles. The number of hydrogen-bond donors (Lipinski definition) is 0. The molecule has 0 aliphatic carbocycles. The summed E-state index contributed by atoms with van der Waals surface area (Å²) in [4.78, 5) is 26.8. The largest absolute Gasteiger partial charge is 0.469 e. The summed E-state index contributed by atoms with van der Waals surface area (Å²) in [6.45, 7) is 20.2. The van der Waals surface area contributed by atoms with Crippen molar-refractivity contribution in [1.82, 2.24) is 0 Å². The predicted octanol–water partition coefficient (Wildman–Crippen LogP) is 7.85. The van der Waals surface area contributed by atoms with Crippen molar-refractivity contribution < 1.29 is 37.7 Å². The van der Waals surface area contributed by atoms with Gasteiger partial charge in [0.25, 0.3) is 0 Å². The minimum Gasteiger partial charge on any atom is -0.469 e. The van der Waals surface area contributed by atoms with Gasteiger partial charge in [0.2, 0.25) is 0 Å². The lowest BCUT2D eigenvalue weighted by Gasteiger charge is -2.55. The van der Waals surface area contributed by atoms with E-state index >= 15 is 0 Å². The number of ether oxygens (including phenoxy) is 5. The first-order valence-electron chi connectivity index (χ1n) is 15.9. The second-order valence-corrected chi connectivity index (χ2v) is 20.4. The molecule has 0 N–H and O–H groups in total.